The Morgan fingerprint density at radius 1 is 1.41 bits per heavy atom. The van der Waals surface area contributed by atoms with E-state index in [0.29, 0.717) is 0 Å². The van der Waals surface area contributed by atoms with Gasteiger partial charge < -0.3 is 0 Å². The van der Waals surface area contributed by atoms with Crippen molar-refractivity contribution in [3.05, 3.63) is 12.7 Å². The van der Waals surface area contributed by atoms with E-state index in [9.17, 15) is 8.42 Å². The summed E-state index contributed by atoms with van der Waals surface area (Å²) in [6.07, 6.45) is 8.41. The fourth-order valence-corrected chi connectivity index (χ4v) is 1.76. The molecule has 0 aliphatic carbocycles. The van der Waals surface area contributed by atoms with Gasteiger partial charge >= 0.3 is 87.4 Å². The second-order valence-corrected chi connectivity index (χ2v) is 6.73. The van der Waals surface area contributed by atoms with Gasteiger partial charge in [0.05, 0.1) is 6.61 Å². The maximum absolute atomic E-state index is 9.68. The first kappa shape index (κ1) is 19.9. The van der Waals surface area contributed by atoms with Crippen LogP contribution in [-0.2, 0) is 14.6 Å². The molecule has 0 aromatic carbocycles. The van der Waals surface area contributed by atoms with Crippen molar-refractivity contribution in [3.8, 4) is 0 Å². The summed E-state index contributed by atoms with van der Waals surface area (Å²) in [5.74, 6) is 0. The van der Waals surface area contributed by atoms with E-state index in [1.807, 2.05) is 0 Å². The van der Waals surface area contributed by atoms with Gasteiger partial charge in [0.1, 0.15) is 0 Å². The average molecular weight is 274 g/mol. The summed E-state index contributed by atoms with van der Waals surface area (Å²) in [5.41, 5.74) is 0. The van der Waals surface area contributed by atoms with Crippen LogP contribution >= 0.6 is 0 Å². The Balaban J connectivity index is 0. The third-order valence-corrected chi connectivity index (χ3v) is 4.16. The van der Waals surface area contributed by atoms with Crippen molar-refractivity contribution in [1.82, 2.24) is 0 Å². The SMILES string of the molecule is C=CCOS(=O)(=O)O.CCCCC[CH]([Na])CC. The topological polar surface area (TPSA) is 63.6 Å². The third-order valence-electron chi connectivity index (χ3n) is 2.33. The molecular formula is C11H23NaO4S. The first-order valence-electron chi connectivity index (χ1n) is 6.10. The van der Waals surface area contributed by atoms with Gasteiger partial charge in [-0.3, -0.25) is 4.55 Å². The zero-order valence-corrected chi connectivity index (χ0v) is 14.0. The standard InChI is InChI=1S/C8H17.C3H6O4S.Na/c1-3-5-7-8-6-4-2;1-2-3-7-8(4,5)6;/h5H,3-4,6-8H2,1-2H3;2H,1,3H2,(H,4,5,6);. The summed E-state index contributed by atoms with van der Waals surface area (Å²) >= 11 is 1.41. The fourth-order valence-electron chi connectivity index (χ4n) is 1.08. The Kier molecular flexibility index (Phi) is 15.3. The molecule has 17 heavy (non-hydrogen) atoms. The van der Waals surface area contributed by atoms with E-state index in [-0.39, 0.29) is 6.61 Å². The molecule has 0 rings (SSSR count). The molecule has 0 aromatic rings. The van der Waals surface area contributed by atoms with E-state index in [1.54, 1.807) is 0 Å². The quantitative estimate of drug-likeness (QED) is 0.320. The minimum absolute atomic E-state index is 0.196. The number of unbranched alkanes of at least 4 members (excludes halogenated alkanes) is 2. The van der Waals surface area contributed by atoms with Crippen LogP contribution in [0.4, 0.5) is 0 Å². The van der Waals surface area contributed by atoms with Crippen LogP contribution in [0.5, 0.6) is 0 Å². The molecule has 98 valence electrons. The summed E-state index contributed by atoms with van der Waals surface area (Å²) in [5, 5.41) is 0. The van der Waals surface area contributed by atoms with Gasteiger partial charge in [-0.25, -0.2) is 4.18 Å². The van der Waals surface area contributed by atoms with Crippen molar-refractivity contribution in [2.45, 2.75) is 49.1 Å². The Morgan fingerprint density at radius 3 is 2.29 bits per heavy atom. The molecule has 0 saturated carbocycles. The van der Waals surface area contributed by atoms with E-state index < -0.39 is 10.4 Å². The molecule has 0 fully saturated rings. The molecular weight excluding hydrogens is 251 g/mol. The number of hydrogen-bond donors (Lipinski definition) is 1. The summed E-state index contributed by atoms with van der Waals surface area (Å²) < 4.78 is 32.1. The number of rotatable bonds is 8. The molecule has 4 nitrogen and oxygen atoms in total. The summed E-state index contributed by atoms with van der Waals surface area (Å²) in [6, 6.07) is 0. The van der Waals surface area contributed by atoms with Crippen LogP contribution in [0.25, 0.3) is 0 Å². The van der Waals surface area contributed by atoms with E-state index in [4.69, 9.17) is 4.55 Å². The predicted molar refractivity (Wildman–Crippen MR) is 71.6 cm³/mol. The van der Waals surface area contributed by atoms with Crippen molar-refractivity contribution >= 4 is 38.3 Å². The van der Waals surface area contributed by atoms with Gasteiger partial charge in [-0.2, -0.15) is 8.42 Å². The number of hydrogen-bond acceptors (Lipinski definition) is 3. The average Bonchev–Trinajstić information content (AvgIpc) is 2.26. The van der Waals surface area contributed by atoms with E-state index >= 15 is 0 Å². The van der Waals surface area contributed by atoms with Crippen LogP contribution in [0, 0.1) is 0 Å². The molecule has 0 aromatic heterocycles. The maximum atomic E-state index is 9.68. The summed E-state index contributed by atoms with van der Waals surface area (Å²) in [4.78, 5) is 0. The molecule has 0 heterocycles. The Hall–Kier alpha value is 0.610. The predicted octanol–water partition coefficient (Wildman–Crippen LogP) is 2.93. The van der Waals surface area contributed by atoms with Crippen molar-refractivity contribution in [2.24, 2.45) is 0 Å². The van der Waals surface area contributed by atoms with Crippen LogP contribution in [0.1, 0.15) is 46.0 Å². The van der Waals surface area contributed by atoms with Crippen LogP contribution in [0.3, 0.4) is 0 Å². The molecule has 0 aliphatic heterocycles. The van der Waals surface area contributed by atoms with Gasteiger partial charge in [-0.15, -0.1) is 6.58 Å². The molecule has 0 spiro atoms. The molecule has 0 radical (unpaired) electrons. The zero-order valence-electron chi connectivity index (χ0n) is 11.2. The molecule has 6 heteroatoms. The summed E-state index contributed by atoms with van der Waals surface area (Å²) in [6.45, 7) is 7.55. The normalized spacial score (nSPS) is 12.5. The van der Waals surface area contributed by atoms with Gasteiger partial charge in [0, 0.05) is 0 Å². The van der Waals surface area contributed by atoms with Crippen LogP contribution in [0.2, 0.25) is 3.17 Å². The molecule has 0 amide bonds. The van der Waals surface area contributed by atoms with Crippen LogP contribution < -0.4 is 0 Å². The summed E-state index contributed by atoms with van der Waals surface area (Å²) in [7, 11) is -4.26. The van der Waals surface area contributed by atoms with Gasteiger partial charge in [0.25, 0.3) is 0 Å². The van der Waals surface area contributed by atoms with Crippen molar-refractivity contribution in [3.63, 3.8) is 0 Å². The third kappa shape index (κ3) is 22.3. The van der Waals surface area contributed by atoms with Crippen molar-refractivity contribution in [1.29, 1.82) is 0 Å². The van der Waals surface area contributed by atoms with Gasteiger partial charge in [-0.1, -0.05) is 6.08 Å². The van der Waals surface area contributed by atoms with Crippen molar-refractivity contribution < 1.29 is 17.2 Å². The van der Waals surface area contributed by atoms with Crippen molar-refractivity contribution in [2.75, 3.05) is 6.61 Å². The molecule has 1 atom stereocenters. The second kappa shape index (κ2) is 13.1. The van der Waals surface area contributed by atoms with Crippen LogP contribution in [0.15, 0.2) is 12.7 Å². The molecule has 1 N–H and O–H groups in total. The Labute approximate surface area is 123 Å². The van der Waals surface area contributed by atoms with E-state index in [1.165, 1.54) is 66.1 Å². The molecule has 0 bridgehead atoms. The first-order chi connectivity index (χ1) is 7.87. The van der Waals surface area contributed by atoms with Gasteiger partial charge in [0.2, 0.25) is 0 Å². The Morgan fingerprint density at radius 2 is 2.00 bits per heavy atom. The minimum atomic E-state index is -4.26. The Bertz CT molecular complexity index is 265. The van der Waals surface area contributed by atoms with E-state index in [0.717, 1.165) is 3.17 Å². The fraction of sp³-hybridized carbons (Fsp3) is 0.818. The van der Waals surface area contributed by atoms with E-state index in [2.05, 4.69) is 24.6 Å². The van der Waals surface area contributed by atoms with Gasteiger partial charge in [-0.05, 0) is 0 Å². The second-order valence-electron chi connectivity index (χ2n) is 4.01. The monoisotopic (exact) mass is 274 g/mol. The zero-order chi connectivity index (χ0) is 13.7. The van der Waals surface area contributed by atoms with Crippen LogP contribution in [-0.4, -0.2) is 47.5 Å². The molecule has 1 unspecified atom stereocenters. The molecule has 0 aliphatic rings. The molecule has 0 saturated heterocycles. The first-order valence-corrected chi connectivity index (χ1v) is 8.62. The van der Waals surface area contributed by atoms with Gasteiger partial charge in [0.15, 0.2) is 0 Å².